The van der Waals surface area contributed by atoms with E-state index in [0.29, 0.717) is 19.4 Å². The summed E-state index contributed by atoms with van der Waals surface area (Å²) in [6.07, 6.45) is 6.80. The molecule has 17 heavy (non-hydrogen) atoms. The van der Waals surface area contributed by atoms with E-state index in [9.17, 15) is 4.79 Å². The number of carbonyl (C=O) groups excluding carboxylic acids is 1. The van der Waals surface area contributed by atoms with Crippen molar-refractivity contribution in [2.75, 3.05) is 6.54 Å². The maximum absolute atomic E-state index is 11.7. The van der Waals surface area contributed by atoms with Gasteiger partial charge in [-0.05, 0) is 6.42 Å². The van der Waals surface area contributed by atoms with Crippen LogP contribution >= 0.6 is 0 Å². The summed E-state index contributed by atoms with van der Waals surface area (Å²) >= 11 is 0. The van der Waals surface area contributed by atoms with Gasteiger partial charge in [-0.3, -0.25) is 4.79 Å². The minimum atomic E-state index is -0.0792. The molecule has 1 aliphatic carbocycles. The molecule has 3 N–H and O–H groups in total. The van der Waals surface area contributed by atoms with Gasteiger partial charge < -0.3 is 15.6 Å². The van der Waals surface area contributed by atoms with Crippen LogP contribution in [0.15, 0.2) is 18.5 Å². The van der Waals surface area contributed by atoms with Crippen molar-refractivity contribution >= 4 is 5.91 Å². The number of aryl methyl sites for hydroxylation is 1. The highest BCUT2D eigenvalue weighted by Gasteiger charge is 2.22. The summed E-state index contributed by atoms with van der Waals surface area (Å²) in [5.74, 6) is 0.824. The van der Waals surface area contributed by atoms with E-state index in [2.05, 4.69) is 15.5 Å². The Morgan fingerprint density at radius 3 is 3.06 bits per heavy atom. The largest absolute Gasteiger partial charge is 0.355 e. The van der Waals surface area contributed by atoms with Crippen molar-refractivity contribution in [2.24, 2.45) is 18.7 Å². The minimum Gasteiger partial charge on any atom is -0.355 e. The summed E-state index contributed by atoms with van der Waals surface area (Å²) in [4.78, 5) is 11.7. The molecule has 0 radical (unpaired) electrons. The molecule has 1 heterocycles. The second-order valence-corrected chi connectivity index (χ2v) is 4.29. The van der Waals surface area contributed by atoms with Crippen molar-refractivity contribution in [3.63, 3.8) is 0 Å². The van der Waals surface area contributed by atoms with E-state index in [0.717, 1.165) is 5.82 Å². The van der Waals surface area contributed by atoms with Crippen molar-refractivity contribution in [2.45, 2.75) is 18.9 Å². The summed E-state index contributed by atoms with van der Waals surface area (Å²) < 4.78 is 1.84. The van der Waals surface area contributed by atoms with Crippen LogP contribution in [0.3, 0.4) is 0 Å². The van der Waals surface area contributed by atoms with Crippen molar-refractivity contribution < 1.29 is 4.79 Å². The van der Waals surface area contributed by atoms with Crippen LogP contribution in [-0.2, 0) is 18.3 Å². The molecule has 6 nitrogen and oxygen atoms in total. The molecule has 0 aliphatic heterocycles. The molecule has 0 saturated heterocycles. The number of rotatable bonds is 4. The monoisotopic (exact) mass is 235 g/mol. The Kier molecular flexibility index (Phi) is 3.53. The van der Waals surface area contributed by atoms with Crippen LogP contribution in [0.25, 0.3) is 0 Å². The summed E-state index contributed by atoms with van der Waals surface area (Å²) in [5, 5.41) is 10.6. The van der Waals surface area contributed by atoms with E-state index in [1.54, 1.807) is 6.33 Å². The summed E-state index contributed by atoms with van der Waals surface area (Å²) in [5.41, 5.74) is 5.70. The molecule has 0 aromatic carbocycles. The molecule has 2 rings (SSSR count). The zero-order chi connectivity index (χ0) is 12.3. The maximum Gasteiger partial charge on any atom is 0.227 e. The second-order valence-electron chi connectivity index (χ2n) is 4.29. The topological polar surface area (TPSA) is 85.8 Å². The first-order valence-electron chi connectivity index (χ1n) is 5.71. The predicted octanol–water partition coefficient (Wildman–Crippen LogP) is -0.623. The van der Waals surface area contributed by atoms with Crippen LogP contribution in [0.1, 0.15) is 12.2 Å². The third-order valence-electron chi connectivity index (χ3n) is 2.91. The number of hydrogen-bond acceptors (Lipinski definition) is 4. The number of aromatic nitrogens is 3. The molecular weight excluding hydrogens is 218 g/mol. The van der Waals surface area contributed by atoms with Crippen molar-refractivity contribution in [3.05, 3.63) is 24.3 Å². The number of hydrogen-bond donors (Lipinski definition) is 2. The van der Waals surface area contributed by atoms with Gasteiger partial charge in [0.15, 0.2) is 0 Å². The van der Waals surface area contributed by atoms with Crippen LogP contribution in [0.2, 0.25) is 0 Å². The Bertz CT molecular complexity index is 425. The Balaban J connectivity index is 1.74. The Hall–Kier alpha value is -1.69. The molecule has 92 valence electrons. The van der Waals surface area contributed by atoms with Gasteiger partial charge in [0, 0.05) is 26.1 Å². The molecule has 1 aromatic rings. The fourth-order valence-corrected chi connectivity index (χ4v) is 1.88. The van der Waals surface area contributed by atoms with Gasteiger partial charge in [0.2, 0.25) is 5.91 Å². The molecule has 1 amide bonds. The lowest BCUT2D eigenvalue weighted by Gasteiger charge is -2.10. The lowest BCUT2D eigenvalue weighted by molar-refractivity contribution is -0.123. The van der Waals surface area contributed by atoms with Crippen LogP contribution in [-0.4, -0.2) is 33.3 Å². The molecule has 2 unspecified atom stereocenters. The lowest BCUT2D eigenvalue weighted by Crippen LogP contribution is -2.32. The number of amides is 1. The molecule has 0 saturated carbocycles. The van der Waals surface area contributed by atoms with Crippen molar-refractivity contribution in [3.8, 4) is 0 Å². The highest BCUT2D eigenvalue weighted by Crippen LogP contribution is 2.15. The quantitative estimate of drug-likeness (QED) is 0.681. The number of carbonyl (C=O) groups is 1. The number of nitrogens with one attached hydrogen (secondary N) is 1. The Labute approximate surface area is 99.9 Å². The van der Waals surface area contributed by atoms with E-state index in [4.69, 9.17) is 5.73 Å². The first-order valence-corrected chi connectivity index (χ1v) is 5.71. The highest BCUT2D eigenvalue weighted by atomic mass is 16.1. The predicted molar refractivity (Wildman–Crippen MR) is 62.9 cm³/mol. The van der Waals surface area contributed by atoms with Gasteiger partial charge in [0.05, 0.1) is 5.92 Å². The first-order chi connectivity index (χ1) is 8.16. The molecule has 0 fully saturated rings. The third-order valence-corrected chi connectivity index (χ3v) is 2.91. The smallest absolute Gasteiger partial charge is 0.227 e. The molecule has 0 bridgehead atoms. The van der Waals surface area contributed by atoms with Gasteiger partial charge in [-0.25, -0.2) is 0 Å². The standard InChI is InChI=1S/C11H17N5O/c1-16-7-14-15-10(16)4-5-13-11(17)8-2-3-9(12)6-8/h2-3,7-9H,4-6,12H2,1H3,(H,13,17). The van der Waals surface area contributed by atoms with Crippen molar-refractivity contribution in [1.82, 2.24) is 20.1 Å². The zero-order valence-electron chi connectivity index (χ0n) is 9.84. The van der Waals surface area contributed by atoms with Gasteiger partial charge >= 0.3 is 0 Å². The van der Waals surface area contributed by atoms with E-state index in [-0.39, 0.29) is 17.9 Å². The maximum atomic E-state index is 11.7. The second kappa shape index (κ2) is 5.09. The molecule has 0 spiro atoms. The summed E-state index contributed by atoms with van der Waals surface area (Å²) in [6.45, 7) is 0.574. The highest BCUT2D eigenvalue weighted by molar-refractivity contribution is 5.81. The molecule has 6 heteroatoms. The van der Waals surface area contributed by atoms with Gasteiger partial charge in [-0.15, -0.1) is 10.2 Å². The molecular formula is C11H17N5O. The average molecular weight is 235 g/mol. The van der Waals surface area contributed by atoms with E-state index in [1.807, 2.05) is 23.8 Å². The third kappa shape index (κ3) is 2.91. The van der Waals surface area contributed by atoms with Gasteiger partial charge in [-0.2, -0.15) is 0 Å². The fourth-order valence-electron chi connectivity index (χ4n) is 1.88. The van der Waals surface area contributed by atoms with Gasteiger partial charge in [0.25, 0.3) is 0 Å². The summed E-state index contributed by atoms with van der Waals surface area (Å²) in [7, 11) is 1.88. The first kappa shape index (κ1) is 11.8. The van der Waals surface area contributed by atoms with Crippen LogP contribution < -0.4 is 11.1 Å². The van der Waals surface area contributed by atoms with E-state index < -0.39 is 0 Å². The van der Waals surface area contributed by atoms with E-state index >= 15 is 0 Å². The Morgan fingerprint density at radius 2 is 2.47 bits per heavy atom. The average Bonchev–Trinajstić information content (AvgIpc) is 2.88. The number of nitrogens with two attached hydrogens (primary N) is 1. The van der Waals surface area contributed by atoms with Crippen molar-refractivity contribution in [1.29, 1.82) is 0 Å². The normalized spacial score (nSPS) is 22.9. The van der Waals surface area contributed by atoms with Crippen LogP contribution in [0, 0.1) is 5.92 Å². The minimum absolute atomic E-state index is 0.0180. The van der Waals surface area contributed by atoms with Gasteiger partial charge in [0.1, 0.15) is 12.2 Å². The van der Waals surface area contributed by atoms with Gasteiger partial charge in [-0.1, -0.05) is 12.2 Å². The van der Waals surface area contributed by atoms with Crippen LogP contribution in [0.5, 0.6) is 0 Å². The number of nitrogens with zero attached hydrogens (tertiary/aromatic N) is 3. The molecule has 1 aromatic heterocycles. The molecule has 2 atom stereocenters. The van der Waals surface area contributed by atoms with Crippen LogP contribution in [0.4, 0.5) is 0 Å². The zero-order valence-corrected chi connectivity index (χ0v) is 9.84. The summed E-state index contributed by atoms with van der Waals surface area (Å²) in [6, 6.07) is 0.0180. The molecule has 1 aliphatic rings. The lowest BCUT2D eigenvalue weighted by atomic mass is 10.1. The Morgan fingerprint density at radius 1 is 1.65 bits per heavy atom. The fraction of sp³-hybridized carbons (Fsp3) is 0.545. The van der Waals surface area contributed by atoms with E-state index in [1.165, 1.54) is 0 Å². The SMILES string of the molecule is Cn1cnnc1CCNC(=O)C1C=CC(N)C1.